The highest BCUT2D eigenvalue weighted by Crippen LogP contribution is 2.57. The summed E-state index contributed by atoms with van der Waals surface area (Å²) in [7, 11) is 0. The minimum Gasteiger partial charge on any atom is -0.310 e. The van der Waals surface area contributed by atoms with Gasteiger partial charge in [-0.15, -0.1) is 0 Å². The van der Waals surface area contributed by atoms with Crippen molar-refractivity contribution in [3.8, 4) is 33.4 Å². The molecule has 0 bridgehead atoms. The lowest BCUT2D eigenvalue weighted by Gasteiger charge is -2.34. The van der Waals surface area contributed by atoms with Gasteiger partial charge in [0.15, 0.2) is 0 Å². The van der Waals surface area contributed by atoms with E-state index in [1.807, 2.05) is 0 Å². The molecule has 0 radical (unpaired) electrons. The zero-order valence-corrected chi connectivity index (χ0v) is 32.2. The fourth-order valence-electron chi connectivity index (χ4n) is 10.1. The molecule has 0 spiro atoms. The van der Waals surface area contributed by atoms with Gasteiger partial charge in [0.1, 0.15) is 0 Å². The molecule has 0 fully saturated rings. The summed E-state index contributed by atoms with van der Waals surface area (Å²) in [5.74, 6) is 0. The third-order valence-electron chi connectivity index (χ3n) is 12.7. The highest BCUT2D eigenvalue weighted by Gasteiger charge is 2.46. The van der Waals surface area contributed by atoms with Crippen LogP contribution in [-0.4, -0.2) is 0 Å². The van der Waals surface area contributed by atoms with Gasteiger partial charge in [0.2, 0.25) is 0 Å². The summed E-state index contributed by atoms with van der Waals surface area (Å²) in [6.45, 7) is 4.73. The first-order valence-electron chi connectivity index (χ1n) is 20.0. The number of hydrogen-bond acceptors (Lipinski definition) is 1. The second-order valence-corrected chi connectivity index (χ2v) is 16.1. The molecule has 1 heteroatoms. The van der Waals surface area contributed by atoms with Crippen molar-refractivity contribution in [1.82, 2.24) is 0 Å². The minimum absolute atomic E-state index is 0.121. The Hall–Kier alpha value is -6.96. The number of para-hydroxylation sites is 1. The van der Waals surface area contributed by atoms with Crippen LogP contribution in [0.1, 0.15) is 47.2 Å². The van der Waals surface area contributed by atoms with Gasteiger partial charge in [-0.05, 0) is 114 Å². The van der Waals surface area contributed by atoms with Crippen LogP contribution in [0.15, 0.2) is 212 Å². The topological polar surface area (TPSA) is 3.24 Å². The number of benzene rings is 9. The Morgan fingerprint density at radius 3 is 1.56 bits per heavy atom. The molecule has 9 aromatic rings. The lowest BCUT2D eigenvalue weighted by atomic mass is 9.67. The van der Waals surface area contributed by atoms with E-state index in [2.05, 4.69) is 231 Å². The third kappa shape index (κ3) is 4.95. The van der Waals surface area contributed by atoms with Gasteiger partial charge in [0.25, 0.3) is 0 Å². The number of hydrogen-bond donors (Lipinski definition) is 0. The molecular weight excluding hydrogens is 687 g/mol. The molecule has 0 atom stereocenters. The maximum Gasteiger partial charge on any atom is 0.0713 e. The van der Waals surface area contributed by atoms with Gasteiger partial charge in [-0.25, -0.2) is 0 Å². The molecule has 0 heterocycles. The molecular formula is C56H41N. The average molecular weight is 728 g/mol. The van der Waals surface area contributed by atoms with E-state index < -0.39 is 5.41 Å². The lowest BCUT2D eigenvalue weighted by Crippen LogP contribution is -2.28. The number of rotatable bonds is 6. The first kappa shape index (κ1) is 33.4. The largest absolute Gasteiger partial charge is 0.310 e. The molecule has 57 heavy (non-hydrogen) atoms. The fourth-order valence-corrected chi connectivity index (χ4v) is 10.1. The standard InChI is InChI=1S/C56H41N/c1-55(2)50-27-15-12-25-46(50)48-33-32-44(37-52(48)55)57(54-29-17-14-24-45(54)38-18-6-3-7-19-38)43-31-30-39-35-49-47-26-13-16-28-51(47)56(41-20-8-4-9-21-41,42-22-10-5-11-23-42)53(49)36-40(39)34-43/h3-37H,1-2H3. The van der Waals surface area contributed by atoms with Crippen molar-refractivity contribution in [3.63, 3.8) is 0 Å². The second kappa shape index (κ2) is 12.8. The van der Waals surface area contributed by atoms with Crippen LogP contribution < -0.4 is 4.90 Å². The molecule has 2 aliphatic carbocycles. The molecule has 0 amide bonds. The zero-order valence-electron chi connectivity index (χ0n) is 32.2. The molecule has 1 nitrogen and oxygen atoms in total. The minimum atomic E-state index is -0.460. The normalized spacial score (nSPS) is 14.1. The Balaban J connectivity index is 1.16. The smallest absolute Gasteiger partial charge is 0.0713 e. The Bertz CT molecular complexity index is 2940. The second-order valence-electron chi connectivity index (χ2n) is 16.1. The lowest BCUT2D eigenvalue weighted by molar-refractivity contribution is 0.660. The van der Waals surface area contributed by atoms with Gasteiger partial charge in [0, 0.05) is 22.4 Å². The van der Waals surface area contributed by atoms with E-state index in [0.717, 1.165) is 17.1 Å². The van der Waals surface area contributed by atoms with E-state index in [4.69, 9.17) is 0 Å². The number of nitrogens with zero attached hydrogens (tertiary/aromatic N) is 1. The first-order valence-corrected chi connectivity index (χ1v) is 20.0. The SMILES string of the molecule is CC1(C)c2ccccc2-c2ccc(N(c3ccc4cc5c(cc4c3)C(c3ccccc3)(c3ccccc3)c3ccccc3-5)c3ccccc3-c3ccccc3)cc21. The number of fused-ring (bicyclic) bond motifs is 7. The molecule has 0 N–H and O–H groups in total. The maximum absolute atomic E-state index is 2.48. The summed E-state index contributed by atoms with van der Waals surface area (Å²) in [6.07, 6.45) is 0. The predicted molar refractivity (Wildman–Crippen MR) is 239 cm³/mol. The van der Waals surface area contributed by atoms with E-state index in [1.165, 1.54) is 77.5 Å². The van der Waals surface area contributed by atoms with Gasteiger partial charge < -0.3 is 4.90 Å². The molecule has 11 rings (SSSR count). The fraction of sp³-hybridized carbons (Fsp3) is 0.0714. The summed E-state index contributed by atoms with van der Waals surface area (Å²) >= 11 is 0. The Morgan fingerprint density at radius 2 is 0.860 bits per heavy atom. The van der Waals surface area contributed by atoms with Crippen LogP contribution in [0, 0.1) is 0 Å². The Morgan fingerprint density at radius 1 is 0.333 bits per heavy atom. The van der Waals surface area contributed by atoms with E-state index in [1.54, 1.807) is 0 Å². The molecule has 2 aliphatic rings. The van der Waals surface area contributed by atoms with E-state index in [-0.39, 0.29) is 5.41 Å². The molecule has 0 unspecified atom stereocenters. The highest BCUT2D eigenvalue weighted by molar-refractivity contribution is 5.99. The molecule has 9 aromatic carbocycles. The van der Waals surface area contributed by atoms with Gasteiger partial charge in [0.05, 0.1) is 11.1 Å². The number of anilines is 3. The Kier molecular flexibility index (Phi) is 7.50. The molecule has 0 aromatic heterocycles. The van der Waals surface area contributed by atoms with Gasteiger partial charge in [-0.1, -0.05) is 184 Å². The van der Waals surface area contributed by atoms with Gasteiger partial charge >= 0.3 is 0 Å². The van der Waals surface area contributed by atoms with Crippen molar-refractivity contribution in [2.24, 2.45) is 0 Å². The highest BCUT2D eigenvalue weighted by atomic mass is 15.1. The monoisotopic (exact) mass is 727 g/mol. The first-order chi connectivity index (χ1) is 28.0. The van der Waals surface area contributed by atoms with Crippen molar-refractivity contribution < 1.29 is 0 Å². The summed E-state index contributed by atoms with van der Waals surface area (Å²) in [4.78, 5) is 2.48. The van der Waals surface area contributed by atoms with E-state index >= 15 is 0 Å². The van der Waals surface area contributed by atoms with Crippen LogP contribution in [0.5, 0.6) is 0 Å². The predicted octanol–water partition coefficient (Wildman–Crippen LogP) is 14.6. The van der Waals surface area contributed by atoms with Crippen LogP contribution in [-0.2, 0) is 10.8 Å². The van der Waals surface area contributed by atoms with Crippen LogP contribution >= 0.6 is 0 Å². The summed E-state index contributed by atoms with van der Waals surface area (Å²) in [5.41, 5.74) is 18.4. The molecule has 0 saturated carbocycles. The van der Waals surface area contributed by atoms with Crippen molar-refractivity contribution >= 4 is 27.8 Å². The van der Waals surface area contributed by atoms with Crippen LogP contribution in [0.25, 0.3) is 44.2 Å². The Labute approximate surface area is 335 Å². The summed E-state index contributed by atoms with van der Waals surface area (Å²) in [6, 6.07) is 78.8. The average Bonchev–Trinajstić information content (AvgIpc) is 3.69. The van der Waals surface area contributed by atoms with Crippen molar-refractivity contribution in [2.75, 3.05) is 4.90 Å². The zero-order chi connectivity index (χ0) is 38.1. The van der Waals surface area contributed by atoms with E-state index in [9.17, 15) is 0 Å². The van der Waals surface area contributed by atoms with Gasteiger partial charge in [-0.3, -0.25) is 0 Å². The van der Waals surface area contributed by atoms with Crippen LogP contribution in [0.4, 0.5) is 17.1 Å². The summed E-state index contributed by atoms with van der Waals surface area (Å²) < 4.78 is 0. The molecule has 0 aliphatic heterocycles. The van der Waals surface area contributed by atoms with Crippen molar-refractivity contribution in [3.05, 3.63) is 246 Å². The molecule has 0 saturated heterocycles. The molecule has 270 valence electrons. The van der Waals surface area contributed by atoms with Crippen LogP contribution in [0.3, 0.4) is 0 Å². The van der Waals surface area contributed by atoms with Crippen molar-refractivity contribution in [1.29, 1.82) is 0 Å². The third-order valence-corrected chi connectivity index (χ3v) is 12.7. The maximum atomic E-state index is 2.48. The van der Waals surface area contributed by atoms with Crippen LogP contribution in [0.2, 0.25) is 0 Å². The quantitative estimate of drug-likeness (QED) is 0.165. The van der Waals surface area contributed by atoms with E-state index in [0.29, 0.717) is 0 Å². The van der Waals surface area contributed by atoms with Crippen molar-refractivity contribution in [2.45, 2.75) is 24.7 Å². The summed E-state index contributed by atoms with van der Waals surface area (Å²) in [5, 5.41) is 2.44. The van der Waals surface area contributed by atoms with Gasteiger partial charge in [-0.2, -0.15) is 0 Å².